The average Bonchev–Trinajstić information content (AvgIpc) is 2.43. The van der Waals surface area contributed by atoms with E-state index in [-0.39, 0.29) is 6.54 Å². The molecule has 7 nitrogen and oxygen atoms in total. The van der Waals surface area contributed by atoms with E-state index in [1.54, 1.807) is 18.3 Å². The van der Waals surface area contributed by atoms with Gasteiger partial charge in [-0.2, -0.15) is 0 Å². The molecular weight excluding hydrogens is 262 g/mol. The smallest absolute Gasteiger partial charge is 0.305 e. The minimum absolute atomic E-state index is 0.274. The molecule has 0 aromatic carbocycles. The normalized spacial score (nSPS) is 11.9. The number of carboxylic acid groups (broad SMARTS) is 1. The minimum atomic E-state index is -1.10. The second-order valence-electron chi connectivity index (χ2n) is 4.28. The van der Waals surface area contributed by atoms with Crippen LogP contribution in [0.1, 0.15) is 12.1 Å². The Hall–Kier alpha value is -1.99. The largest absolute Gasteiger partial charge is 0.481 e. The number of amides is 1. The van der Waals surface area contributed by atoms with Crippen molar-refractivity contribution in [1.29, 1.82) is 0 Å². The Morgan fingerprint density at radius 2 is 2.25 bits per heavy atom. The quantitative estimate of drug-likeness (QED) is 0.687. The lowest BCUT2D eigenvalue weighted by molar-refractivity contribution is -0.142. The summed E-state index contributed by atoms with van der Waals surface area (Å²) in [5.41, 5.74) is 6.32. The first kappa shape index (κ1) is 16.1. The number of nitrogens with zero attached hydrogens (tertiary/aromatic N) is 2. The number of aromatic nitrogens is 1. The average molecular weight is 281 g/mol. The number of ether oxygens (including phenoxy) is 1. The summed E-state index contributed by atoms with van der Waals surface area (Å²) in [5.74, 6) is -1.52. The van der Waals surface area contributed by atoms with Crippen molar-refractivity contribution in [2.24, 2.45) is 5.73 Å². The van der Waals surface area contributed by atoms with Crippen LogP contribution < -0.4 is 5.73 Å². The molecule has 1 aromatic heterocycles. The zero-order valence-electron chi connectivity index (χ0n) is 11.4. The van der Waals surface area contributed by atoms with Crippen LogP contribution in [0.5, 0.6) is 0 Å². The Labute approximate surface area is 117 Å². The Morgan fingerprint density at radius 3 is 2.80 bits per heavy atom. The van der Waals surface area contributed by atoms with Crippen molar-refractivity contribution in [3.05, 3.63) is 30.1 Å². The van der Waals surface area contributed by atoms with Gasteiger partial charge in [0.2, 0.25) is 5.91 Å². The number of carbonyl (C=O) groups excluding carboxylic acids is 1. The summed E-state index contributed by atoms with van der Waals surface area (Å²) >= 11 is 0. The van der Waals surface area contributed by atoms with Crippen molar-refractivity contribution in [2.75, 3.05) is 20.3 Å². The highest BCUT2D eigenvalue weighted by Gasteiger charge is 2.23. The molecule has 20 heavy (non-hydrogen) atoms. The SMILES string of the molecule is COCCN(Cc1ccccn1)C(=O)C(N)CC(=O)O. The van der Waals surface area contributed by atoms with Crippen LogP contribution in [0.2, 0.25) is 0 Å². The van der Waals surface area contributed by atoms with Crippen LogP contribution in [-0.4, -0.2) is 53.2 Å². The molecule has 3 N–H and O–H groups in total. The van der Waals surface area contributed by atoms with Crippen molar-refractivity contribution >= 4 is 11.9 Å². The van der Waals surface area contributed by atoms with Crippen molar-refractivity contribution in [3.63, 3.8) is 0 Å². The van der Waals surface area contributed by atoms with Gasteiger partial charge in [-0.05, 0) is 12.1 Å². The number of hydrogen-bond acceptors (Lipinski definition) is 5. The fourth-order valence-electron chi connectivity index (χ4n) is 1.67. The Kier molecular flexibility index (Phi) is 6.61. The third kappa shape index (κ3) is 5.33. The third-order valence-electron chi connectivity index (χ3n) is 2.67. The molecule has 0 radical (unpaired) electrons. The van der Waals surface area contributed by atoms with E-state index in [0.717, 1.165) is 0 Å². The highest BCUT2D eigenvalue weighted by molar-refractivity contribution is 5.85. The van der Waals surface area contributed by atoms with Crippen LogP contribution in [-0.2, 0) is 20.9 Å². The van der Waals surface area contributed by atoms with E-state index in [4.69, 9.17) is 15.6 Å². The van der Waals surface area contributed by atoms with Crippen LogP contribution in [0.25, 0.3) is 0 Å². The minimum Gasteiger partial charge on any atom is -0.481 e. The predicted octanol–water partition coefficient (Wildman–Crippen LogP) is -0.141. The lowest BCUT2D eigenvalue weighted by Crippen LogP contribution is -2.45. The first-order valence-corrected chi connectivity index (χ1v) is 6.19. The summed E-state index contributed by atoms with van der Waals surface area (Å²) in [6.45, 7) is 0.952. The van der Waals surface area contributed by atoms with Gasteiger partial charge in [0.15, 0.2) is 0 Å². The van der Waals surface area contributed by atoms with Gasteiger partial charge < -0.3 is 20.5 Å². The molecule has 1 aromatic rings. The van der Waals surface area contributed by atoms with Crippen LogP contribution in [0.15, 0.2) is 24.4 Å². The highest BCUT2D eigenvalue weighted by Crippen LogP contribution is 2.05. The van der Waals surface area contributed by atoms with Gasteiger partial charge >= 0.3 is 5.97 Å². The summed E-state index contributed by atoms with van der Waals surface area (Å²) in [6.07, 6.45) is 1.23. The second kappa shape index (κ2) is 8.23. The molecule has 1 amide bonds. The number of rotatable bonds is 8. The van der Waals surface area contributed by atoms with E-state index < -0.39 is 24.3 Å². The molecule has 0 saturated heterocycles. The van der Waals surface area contributed by atoms with Gasteiger partial charge in [0.05, 0.1) is 31.3 Å². The third-order valence-corrected chi connectivity index (χ3v) is 2.67. The summed E-state index contributed by atoms with van der Waals surface area (Å²) in [6, 6.07) is 4.32. The fraction of sp³-hybridized carbons (Fsp3) is 0.462. The van der Waals surface area contributed by atoms with E-state index in [9.17, 15) is 9.59 Å². The summed E-state index contributed by atoms with van der Waals surface area (Å²) < 4.78 is 4.95. The van der Waals surface area contributed by atoms with E-state index in [1.165, 1.54) is 12.0 Å². The van der Waals surface area contributed by atoms with E-state index in [1.807, 2.05) is 6.07 Å². The maximum Gasteiger partial charge on any atom is 0.305 e. The molecule has 1 atom stereocenters. The summed E-state index contributed by atoms with van der Waals surface area (Å²) in [4.78, 5) is 28.4. The zero-order chi connectivity index (χ0) is 15.0. The Morgan fingerprint density at radius 1 is 1.50 bits per heavy atom. The van der Waals surface area contributed by atoms with Crippen LogP contribution in [0.3, 0.4) is 0 Å². The molecular formula is C13H19N3O4. The maximum atomic E-state index is 12.1. The number of carbonyl (C=O) groups is 2. The fourth-order valence-corrected chi connectivity index (χ4v) is 1.67. The predicted molar refractivity (Wildman–Crippen MR) is 71.8 cm³/mol. The first-order chi connectivity index (χ1) is 9.54. The molecule has 1 unspecified atom stereocenters. The molecule has 110 valence electrons. The van der Waals surface area contributed by atoms with Crippen LogP contribution in [0.4, 0.5) is 0 Å². The Balaban J connectivity index is 2.72. The summed E-state index contributed by atoms with van der Waals surface area (Å²) in [5, 5.41) is 8.69. The standard InChI is InChI=1S/C13H19N3O4/c1-20-7-6-16(9-10-4-2-3-5-15-10)13(19)11(14)8-12(17)18/h2-5,11H,6-9,14H2,1H3,(H,17,18). The van der Waals surface area contributed by atoms with E-state index in [0.29, 0.717) is 18.8 Å². The number of methoxy groups -OCH3 is 1. The van der Waals surface area contributed by atoms with Crippen molar-refractivity contribution in [1.82, 2.24) is 9.88 Å². The van der Waals surface area contributed by atoms with E-state index in [2.05, 4.69) is 4.98 Å². The summed E-state index contributed by atoms with van der Waals surface area (Å²) in [7, 11) is 1.53. The molecule has 0 spiro atoms. The molecule has 1 rings (SSSR count). The molecule has 0 saturated carbocycles. The number of nitrogens with two attached hydrogens (primary N) is 1. The van der Waals surface area contributed by atoms with Crippen LogP contribution >= 0.6 is 0 Å². The molecule has 0 aliphatic rings. The topological polar surface area (TPSA) is 106 Å². The zero-order valence-corrected chi connectivity index (χ0v) is 11.4. The lowest BCUT2D eigenvalue weighted by Gasteiger charge is -2.24. The van der Waals surface area contributed by atoms with Crippen molar-refractivity contribution < 1.29 is 19.4 Å². The second-order valence-corrected chi connectivity index (χ2v) is 4.28. The molecule has 0 aliphatic carbocycles. The maximum absolute atomic E-state index is 12.1. The number of aliphatic carboxylic acids is 1. The molecule has 0 aliphatic heterocycles. The van der Waals surface area contributed by atoms with Gasteiger partial charge in [0.25, 0.3) is 0 Å². The van der Waals surface area contributed by atoms with E-state index >= 15 is 0 Å². The molecule has 1 heterocycles. The van der Waals surface area contributed by atoms with Gasteiger partial charge in [0, 0.05) is 19.9 Å². The number of pyridine rings is 1. The van der Waals surface area contributed by atoms with Gasteiger partial charge in [-0.3, -0.25) is 14.6 Å². The van der Waals surface area contributed by atoms with Crippen LogP contribution in [0, 0.1) is 0 Å². The van der Waals surface area contributed by atoms with Crippen molar-refractivity contribution in [3.8, 4) is 0 Å². The highest BCUT2D eigenvalue weighted by atomic mass is 16.5. The number of hydrogen-bond donors (Lipinski definition) is 2. The lowest BCUT2D eigenvalue weighted by atomic mass is 10.2. The van der Waals surface area contributed by atoms with Crippen molar-refractivity contribution in [2.45, 2.75) is 19.0 Å². The Bertz CT molecular complexity index is 439. The molecule has 0 bridgehead atoms. The van der Waals surface area contributed by atoms with Gasteiger partial charge in [-0.1, -0.05) is 6.07 Å². The van der Waals surface area contributed by atoms with Gasteiger partial charge in [-0.15, -0.1) is 0 Å². The number of carboxylic acids is 1. The molecule has 7 heteroatoms. The first-order valence-electron chi connectivity index (χ1n) is 6.19. The monoisotopic (exact) mass is 281 g/mol. The van der Waals surface area contributed by atoms with Gasteiger partial charge in [0.1, 0.15) is 0 Å². The molecule has 0 fully saturated rings. The van der Waals surface area contributed by atoms with Gasteiger partial charge in [-0.25, -0.2) is 0 Å².